The van der Waals surface area contributed by atoms with Gasteiger partial charge in [0, 0.05) is 12.6 Å². The van der Waals surface area contributed by atoms with Crippen molar-refractivity contribution in [1.29, 1.82) is 0 Å². The normalized spacial score (nSPS) is 10.8. The predicted octanol–water partition coefficient (Wildman–Crippen LogP) is 2.29. The van der Waals surface area contributed by atoms with Crippen molar-refractivity contribution in [3.05, 3.63) is 53.9 Å². The van der Waals surface area contributed by atoms with Crippen LogP contribution in [0.5, 0.6) is 11.6 Å². The van der Waals surface area contributed by atoms with Gasteiger partial charge in [0.05, 0.1) is 0 Å². The summed E-state index contributed by atoms with van der Waals surface area (Å²) in [4.78, 5) is 4.17. The fourth-order valence-corrected chi connectivity index (χ4v) is 1.95. The Kier molecular flexibility index (Phi) is 2.89. The van der Waals surface area contributed by atoms with E-state index >= 15 is 0 Å². The topological polar surface area (TPSA) is 65.4 Å². The summed E-state index contributed by atoms with van der Waals surface area (Å²) in [6, 6.07) is 11.6. The van der Waals surface area contributed by atoms with Crippen LogP contribution in [0.3, 0.4) is 0 Å². The average Bonchev–Trinajstić information content (AvgIpc) is 2.87. The van der Waals surface area contributed by atoms with Gasteiger partial charge < -0.3 is 10.5 Å². The molecule has 0 atom stereocenters. The highest BCUT2D eigenvalue weighted by molar-refractivity contribution is 5.44. The lowest BCUT2D eigenvalue weighted by molar-refractivity contribution is 0.446. The number of hydrogen-bond acceptors (Lipinski definition) is 4. The van der Waals surface area contributed by atoms with Crippen LogP contribution in [0, 0.1) is 6.92 Å². The Morgan fingerprint density at radius 1 is 1.26 bits per heavy atom. The molecule has 0 fully saturated rings. The van der Waals surface area contributed by atoms with Crippen LogP contribution in [0.1, 0.15) is 11.1 Å². The largest absolute Gasteiger partial charge is 0.439 e. The minimum absolute atomic E-state index is 0.490. The molecule has 0 saturated heterocycles. The average molecular weight is 254 g/mol. The molecule has 0 saturated carbocycles. The van der Waals surface area contributed by atoms with Gasteiger partial charge in [-0.2, -0.15) is 9.61 Å². The van der Waals surface area contributed by atoms with Crippen molar-refractivity contribution in [2.45, 2.75) is 13.5 Å². The van der Waals surface area contributed by atoms with Gasteiger partial charge in [-0.1, -0.05) is 12.1 Å². The number of aryl methyl sites for hydroxylation is 1. The third-order valence-corrected chi connectivity index (χ3v) is 2.85. The molecule has 0 aliphatic carbocycles. The maximum Gasteiger partial charge on any atom is 0.222 e. The van der Waals surface area contributed by atoms with E-state index in [9.17, 15) is 0 Å². The third kappa shape index (κ3) is 2.28. The highest BCUT2D eigenvalue weighted by Crippen LogP contribution is 2.23. The maximum atomic E-state index is 5.88. The molecule has 0 aliphatic heterocycles. The number of nitrogens with zero attached hydrogens (tertiary/aromatic N) is 3. The fourth-order valence-electron chi connectivity index (χ4n) is 1.95. The Labute approximate surface area is 110 Å². The monoisotopic (exact) mass is 254 g/mol. The van der Waals surface area contributed by atoms with E-state index in [0.29, 0.717) is 12.4 Å². The zero-order valence-electron chi connectivity index (χ0n) is 10.6. The highest BCUT2D eigenvalue weighted by atomic mass is 16.5. The summed E-state index contributed by atoms with van der Waals surface area (Å²) in [5.74, 6) is 1.38. The molecule has 2 aromatic heterocycles. The second-order valence-electron chi connectivity index (χ2n) is 4.35. The molecule has 5 heteroatoms. The molecule has 0 radical (unpaired) electrons. The van der Waals surface area contributed by atoms with Crippen molar-refractivity contribution in [2.24, 2.45) is 5.73 Å². The number of ether oxygens (including phenoxy) is 1. The standard InChI is InChI=1S/C14H14N4O/c1-10-5-13-16-9-17-18(13)14(6-10)19-12-4-2-3-11(7-12)8-15/h2-7,9H,8,15H2,1H3. The number of benzene rings is 1. The van der Waals surface area contributed by atoms with Crippen LogP contribution < -0.4 is 10.5 Å². The maximum absolute atomic E-state index is 5.88. The van der Waals surface area contributed by atoms with E-state index in [2.05, 4.69) is 10.1 Å². The molecule has 5 nitrogen and oxygen atoms in total. The van der Waals surface area contributed by atoms with Gasteiger partial charge in [0.15, 0.2) is 5.65 Å². The van der Waals surface area contributed by atoms with E-state index in [4.69, 9.17) is 10.5 Å². The summed E-state index contributed by atoms with van der Waals surface area (Å²) in [6.07, 6.45) is 1.51. The minimum Gasteiger partial charge on any atom is -0.439 e. The molecule has 96 valence electrons. The molecular weight excluding hydrogens is 240 g/mol. The Morgan fingerprint density at radius 3 is 3.00 bits per heavy atom. The SMILES string of the molecule is Cc1cc(Oc2cccc(CN)c2)n2ncnc2c1. The Morgan fingerprint density at radius 2 is 2.16 bits per heavy atom. The van der Waals surface area contributed by atoms with Crippen molar-refractivity contribution >= 4 is 5.65 Å². The van der Waals surface area contributed by atoms with E-state index in [-0.39, 0.29) is 0 Å². The van der Waals surface area contributed by atoms with Gasteiger partial charge in [-0.15, -0.1) is 0 Å². The first-order valence-electron chi connectivity index (χ1n) is 6.03. The summed E-state index contributed by atoms with van der Waals surface area (Å²) in [5, 5.41) is 4.15. The first kappa shape index (κ1) is 11.7. The van der Waals surface area contributed by atoms with Crippen molar-refractivity contribution in [2.75, 3.05) is 0 Å². The molecule has 3 rings (SSSR count). The van der Waals surface area contributed by atoms with E-state index in [1.165, 1.54) is 6.33 Å². The molecule has 3 aromatic rings. The lowest BCUT2D eigenvalue weighted by Crippen LogP contribution is -1.99. The zero-order chi connectivity index (χ0) is 13.2. The van der Waals surface area contributed by atoms with Crippen LogP contribution >= 0.6 is 0 Å². The van der Waals surface area contributed by atoms with E-state index in [1.807, 2.05) is 43.3 Å². The van der Waals surface area contributed by atoms with E-state index in [1.54, 1.807) is 4.52 Å². The van der Waals surface area contributed by atoms with Crippen molar-refractivity contribution in [3.63, 3.8) is 0 Å². The fraction of sp³-hybridized carbons (Fsp3) is 0.143. The summed E-state index contributed by atoms with van der Waals surface area (Å²) in [5.41, 5.74) is 8.50. The highest BCUT2D eigenvalue weighted by Gasteiger charge is 2.06. The Balaban J connectivity index is 2.02. The Bertz CT molecular complexity index is 720. The first-order valence-corrected chi connectivity index (χ1v) is 6.03. The molecule has 0 amide bonds. The number of rotatable bonds is 3. The summed E-state index contributed by atoms with van der Waals surface area (Å²) in [7, 11) is 0. The summed E-state index contributed by atoms with van der Waals surface area (Å²) in [6.45, 7) is 2.49. The molecule has 0 aliphatic rings. The smallest absolute Gasteiger partial charge is 0.222 e. The molecule has 0 unspecified atom stereocenters. The predicted molar refractivity (Wildman–Crippen MR) is 72.1 cm³/mol. The molecule has 0 bridgehead atoms. The molecule has 2 N–H and O–H groups in total. The van der Waals surface area contributed by atoms with Crippen LogP contribution in [-0.2, 0) is 6.54 Å². The van der Waals surface area contributed by atoms with Gasteiger partial charge in [-0.05, 0) is 36.2 Å². The summed E-state index contributed by atoms with van der Waals surface area (Å²) >= 11 is 0. The molecular formula is C14H14N4O. The number of aromatic nitrogens is 3. The molecule has 19 heavy (non-hydrogen) atoms. The van der Waals surface area contributed by atoms with Gasteiger partial charge in [0.25, 0.3) is 0 Å². The molecule has 1 aromatic carbocycles. The van der Waals surface area contributed by atoms with Crippen molar-refractivity contribution < 1.29 is 4.74 Å². The van der Waals surface area contributed by atoms with Crippen molar-refractivity contribution in [3.8, 4) is 11.6 Å². The summed E-state index contributed by atoms with van der Waals surface area (Å²) < 4.78 is 7.55. The zero-order valence-corrected chi connectivity index (χ0v) is 10.6. The number of fused-ring (bicyclic) bond motifs is 1. The quantitative estimate of drug-likeness (QED) is 0.778. The first-order chi connectivity index (χ1) is 9.26. The van der Waals surface area contributed by atoms with Gasteiger partial charge in [0.1, 0.15) is 12.1 Å². The van der Waals surface area contributed by atoms with Crippen LogP contribution in [0.4, 0.5) is 0 Å². The van der Waals surface area contributed by atoms with Crippen LogP contribution in [0.25, 0.3) is 5.65 Å². The van der Waals surface area contributed by atoms with Crippen molar-refractivity contribution in [1.82, 2.24) is 14.6 Å². The van der Waals surface area contributed by atoms with Gasteiger partial charge in [-0.25, -0.2) is 4.98 Å². The number of nitrogens with two attached hydrogens (primary N) is 1. The number of hydrogen-bond donors (Lipinski definition) is 1. The second kappa shape index (κ2) is 4.70. The molecule has 0 spiro atoms. The number of pyridine rings is 1. The van der Waals surface area contributed by atoms with Crippen LogP contribution in [0.15, 0.2) is 42.7 Å². The van der Waals surface area contributed by atoms with Gasteiger partial charge in [-0.3, -0.25) is 0 Å². The Hall–Kier alpha value is -2.40. The van der Waals surface area contributed by atoms with E-state index in [0.717, 1.165) is 22.5 Å². The van der Waals surface area contributed by atoms with Crippen LogP contribution in [0.2, 0.25) is 0 Å². The van der Waals surface area contributed by atoms with Gasteiger partial charge in [0.2, 0.25) is 5.88 Å². The lowest BCUT2D eigenvalue weighted by atomic mass is 10.2. The minimum atomic E-state index is 0.490. The molecule has 2 heterocycles. The van der Waals surface area contributed by atoms with Gasteiger partial charge >= 0.3 is 0 Å². The third-order valence-electron chi connectivity index (χ3n) is 2.85. The lowest BCUT2D eigenvalue weighted by Gasteiger charge is -2.09. The second-order valence-corrected chi connectivity index (χ2v) is 4.35. The van der Waals surface area contributed by atoms with Crippen LogP contribution in [-0.4, -0.2) is 14.6 Å². The van der Waals surface area contributed by atoms with E-state index < -0.39 is 0 Å².